The van der Waals surface area contributed by atoms with Crippen LogP contribution in [0.2, 0.25) is 0 Å². The first-order valence-corrected chi connectivity index (χ1v) is 10.7. The van der Waals surface area contributed by atoms with Gasteiger partial charge in [0.1, 0.15) is 18.1 Å². The quantitative estimate of drug-likeness (QED) is 0.569. The Morgan fingerprint density at radius 1 is 1.18 bits per heavy atom. The lowest BCUT2D eigenvalue weighted by Crippen LogP contribution is -2.35. The highest BCUT2D eigenvalue weighted by molar-refractivity contribution is 5.89. The molecule has 2 amide bonds. The van der Waals surface area contributed by atoms with Gasteiger partial charge in [0.25, 0.3) is 0 Å². The summed E-state index contributed by atoms with van der Waals surface area (Å²) in [6.07, 6.45) is -1.33. The first-order chi connectivity index (χ1) is 15.8. The van der Waals surface area contributed by atoms with Crippen molar-refractivity contribution in [3.63, 3.8) is 0 Å². The summed E-state index contributed by atoms with van der Waals surface area (Å²) in [6, 6.07) is 5.05. The van der Waals surface area contributed by atoms with E-state index in [9.17, 15) is 18.0 Å². The molecule has 0 bridgehead atoms. The van der Waals surface area contributed by atoms with E-state index in [4.69, 9.17) is 9.47 Å². The average molecular weight is 467 g/mol. The number of carbonyl (C=O) groups is 1. The maximum Gasteiger partial charge on any atom is 0.433 e. The van der Waals surface area contributed by atoms with Gasteiger partial charge in [-0.25, -0.2) is 14.8 Å². The Morgan fingerprint density at radius 2 is 1.94 bits per heavy atom. The summed E-state index contributed by atoms with van der Waals surface area (Å²) in [5.41, 5.74) is 0.0262. The number of piperidine rings is 1. The highest BCUT2D eigenvalue weighted by Crippen LogP contribution is 2.32. The predicted molar refractivity (Wildman–Crippen MR) is 117 cm³/mol. The van der Waals surface area contributed by atoms with Crippen LogP contribution in [0.15, 0.2) is 30.5 Å². The molecule has 0 saturated carbocycles. The second-order valence-corrected chi connectivity index (χ2v) is 7.88. The van der Waals surface area contributed by atoms with Crippen molar-refractivity contribution in [2.24, 2.45) is 5.92 Å². The number of anilines is 2. The summed E-state index contributed by atoms with van der Waals surface area (Å²) < 4.78 is 49.9. The molecule has 0 radical (unpaired) electrons. The second kappa shape index (κ2) is 11.2. The van der Waals surface area contributed by atoms with Crippen molar-refractivity contribution in [2.75, 3.05) is 43.6 Å². The number of nitrogens with zero attached hydrogens (tertiary/aromatic N) is 3. The van der Waals surface area contributed by atoms with Crippen LogP contribution in [0, 0.1) is 5.92 Å². The van der Waals surface area contributed by atoms with Crippen LogP contribution in [0.25, 0.3) is 0 Å². The van der Waals surface area contributed by atoms with E-state index in [1.54, 1.807) is 19.2 Å². The maximum atomic E-state index is 13.2. The summed E-state index contributed by atoms with van der Waals surface area (Å²) in [5, 5.41) is 5.32. The largest absolute Gasteiger partial charge is 0.475 e. The molecule has 1 aliphatic heterocycles. The van der Waals surface area contributed by atoms with Crippen molar-refractivity contribution in [2.45, 2.75) is 32.5 Å². The van der Waals surface area contributed by atoms with Crippen LogP contribution in [-0.2, 0) is 17.5 Å². The number of amides is 2. The summed E-state index contributed by atoms with van der Waals surface area (Å²) in [6.45, 7) is 4.19. The lowest BCUT2D eigenvalue weighted by molar-refractivity contribution is -0.141. The van der Waals surface area contributed by atoms with Gasteiger partial charge in [-0.05, 0) is 30.9 Å². The number of alkyl halides is 3. The summed E-state index contributed by atoms with van der Waals surface area (Å²) in [5.74, 6) is 1.18. The number of pyridine rings is 2. The maximum absolute atomic E-state index is 13.2. The molecule has 2 N–H and O–H groups in total. The molecule has 3 rings (SSSR count). The van der Waals surface area contributed by atoms with Crippen LogP contribution < -0.4 is 20.3 Å². The zero-order valence-corrected chi connectivity index (χ0v) is 18.6. The Hall–Kier alpha value is -3.08. The molecule has 0 atom stereocenters. The van der Waals surface area contributed by atoms with Crippen LogP contribution in [0.3, 0.4) is 0 Å². The average Bonchev–Trinajstić information content (AvgIpc) is 2.79. The van der Waals surface area contributed by atoms with E-state index in [-0.39, 0.29) is 12.4 Å². The highest BCUT2D eigenvalue weighted by Gasteiger charge is 2.34. The highest BCUT2D eigenvalue weighted by atomic mass is 19.4. The van der Waals surface area contributed by atoms with Crippen molar-refractivity contribution >= 4 is 17.5 Å². The fraction of sp³-hybridized carbons (Fsp3) is 0.500. The Labute approximate surface area is 190 Å². The number of halogens is 3. The molecule has 0 unspecified atom stereocenters. The summed E-state index contributed by atoms with van der Waals surface area (Å²) >= 11 is 0. The lowest BCUT2D eigenvalue weighted by Gasteiger charge is -2.33. The molecule has 2 aromatic rings. The number of carbonyl (C=O) groups excluding carboxylic acids is 1. The lowest BCUT2D eigenvalue weighted by atomic mass is 9.99. The topological polar surface area (TPSA) is 88.6 Å². The van der Waals surface area contributed by atoms with Crippen LogP contribution in [0.1, 0.15) is 31.0 Å². The number of ether oxygens (including phenoxy) is 2. The van der Waals surface area contributed by atoms with Gasteiger partial charge in [-0.3, -0.25) is 0 Å². The normalized spacial score (nSPS) is 14.8. The number of hydrogen-bond donors (Lipinski definition) is 2. The third-order valence-electron chi connectivity index (χ3n) is 5.30. The molecule has 1 fully saturated rings. The van der Waals surface area contributed by atoms with E-state index in [1.807, 2.05) is 4.90 Å². The Kier molecular flexibility index (Phi) is 8.32. The minimum atomic E-state index is -4.53. The standard InChI is InChI=1S/C22H28F3N5O3/c1-15-7-9-30(10-8-15)20-16(3-5-18(29-20)22(23,24)25)13-27-21(31)28-17-4-6-19(26-14-17)33-12-11-32-2/h3-6,14-15H,7-13H2,1-2H3,(H2,27,28,31). The molecule has 0 aliphatic carbocycles. The zero-order valence-electron chi connectivity index (χ0n) is 18.6. The number of nitrogens with one attached hydrogen (secondary N) is 2. The Morgan fingerprint density at radius 3 is 2.58 bits per heavy atom. The van der Waals surface area contributed by atoms with Gasteiger partial charge in [0.2, 0.25) is 5.88 Å². The third-order valence-corrected chi connectivity index (χ3v) is 5.30. The molecule has 0 spiro atoms. The van der Waals surface area contributed by atoms with Gasteiger partial charge in [0.15, 0.2) is 0 Å². The van der Waals surface area contributed by atoms with Gasteiger partial charge in [0, 0.05) is 38.4 Å². The molecule has 1 aliphatic rings. The van der Waals surface area contributed by atoms with Gasteiger partial charge >= 0.3 is 12.2 Å². The van der Waals surface area contributed by atoms with E-state index in [1.165, 1.54) is 12.3 Å². The molecule has 1 saturated heterocycles. The van der Waals surface area contributed by atoms with Crippen LogP contribution in [0.5, 0.6) is 5.88 Å². The number of urea groups is 1. The molecule has 11 heteroatoms. The van der Waals surface area contributed by atoms with Crippen molar-refractivity contribution in [3.8, 4) is 5.88 Å². The number of rotatable bonds is 8. The first kappa shape index (κ1) is 24.6. The van der Waals surface area contributed by atoms with E-state index in [0.717, 1.165) is 18.9 Å². The van der Waals surface area contributed by atoms with Crippen LogP contribution >= 0.6 is 0 Å². The van der Waals surface area contributed by atoms with Gasteiger partial charge in [-0.2, -0.15) is 13.2 Å². The van der Waals surface area contributed by atoms with E-state index in [0.29, 0.717) is 49.4 Å². The van der Waals surface area contributed by atoms with Gasteiger partial charge in [-0.1, -0.05) is 13.0 Å². The molecule has 180 valence electrons. The van der Waals surface area contributed by atoms with Crippen molar-refractivity contribution in [1.29, 1.82) is 0 Å². The molecule has 8 nitrogen and oxygen atoms in total. The second-order valence-electron chi connectivity index (χ2n) is 7.88. The molecular formula is C22H28F3N5O3. The van der Waals surface area contributed by atoms with E-state index >= 15 is 0 Å². The first-order valence-electron chi connectivity index (χ1n) is 10.7. The molecule has 3 heterocycles. The van der Waals surface area contributed by atoms with Crippen molar-refractivity contribution in [1.82, 2.24) is 15.3 Å². The fourth-order valence-corrected chi connectivity index (χ4v) is 3.39. The number of hydrogen-bond acceptors (Lipinski definition) is 6. The Balaban J connectivity index is 1.63. The minimum absolute atomic E-state index is 0.0317. The molecule has 33 heavy (non-hydrogen) atoms. The smallest absolute Gasteiger partial charge is 0.433 e. The van der Waals surface area contributed by atoms with Crippen molar-refractivity contribution < 1.29 is 27.4 Å². The monoisotopic (exact) mass is 467 g/mol. The minimum Gasteiger partial charge on any atom is -0.475 e. The third kappa shape index (κ3) is 7.21. The fourth-order valence-electron chi connectivity index (χ4n) is 3.39. The number of aromatic nitrogens is 2. The SMILES string of the molecule is COCCOc1ccc(NC(=O)NCc2ccc(C(F)(F)F)nc2N2CCC(C)CC2)cn1. The summed E-state index contributed by atoms with van der Waals surface area (Å²) in [4.78, 5) is 22.2. The van der Waals surface area contributed by atoms with Gasteiger partial charge in [0.05, 0.1) is 18.5 Å². The zero-order chi connectivity index (χ0) is 23.8. The summed E-state index contributed by atoms with van der Waals surface area (Å²) in [7, 11) is 1.57. The van der Waals surface area contributed by atoms with Crippen molar-refractivity contribution in [3.05, 3.63) is 41.7 Å². The number of methoxy groups -OCH3 is 1. The van der Waals surface area contributed by atoms with Crippen LogP contribution in [0.4, 0.5) is 29.5 Å². The van der Waals surface area contributed by atoms with Gasteiger partial charge < -0.3 is 25.0 Å². The molecule has 0 aromatic carbocycles. The Bertz CT molecular complexity index is 916. The molecular weight excluding hydrogens is 439 g/mol. The van der Waals surface area contributed by atoms with E-state index < -0.39 is 17.9 Å². The van der Waals surface area contributed by atoms with Gasteiger partial charge in [-0.15, -0.1) is 0 Å². The van der Waals surface area contributed by atoms with E-state index in [2.05, 4.69) is 27.5 Å². The predicted octanol–water partition coefficient (Wildman–Crippen LogP) is 4.08. The molecule has 2 aromatic heterocycles. The van der Waals surface area contributed by atoms with Crippen LogP contribution in [-0.4, -0.2) is 49.4 Å².